The molecule has 1 heterocycles. The number of unbranched alkanes of at least 4 members (excludes halogenated alkanes) is 14. The Morgan fingerprint density at radius 2 is 1.46 bits per heavy atom. The second-order valence-electron chi connectivity index (χ2n) is 18.9. The summed E-state index contributed by atoms with van der Waals surface area (Å²) >= 11 is 0. The minimum absolute atomic E-state index is 0.0358. The molecule has 0 saturated carbocycles. The lowest BCUT2D eigenvalue weighted by molar-refractivity contribution is -0.249. The van der Waals surface area contributed by atoms with Crippen LogP contribution in [0.1, 0.15) is 209 Å². The molecule has 67 heavy (non-hydrogen) atoms. The van der Waals surface area contributed by atoms with Gasteiger partial charge >= 0.3 is 0 Å². The fourth-order valence-electron chi connectivity index (χ4n) is 9.91. The van der Waals surface area contributed by atoms with Crippen molar-refractivity contribution in [2.24, 2.45) is 0 Å². The summed E-state index contributed by atoms with van der Waals surface area (Å²) in [5.41, 5.74) is -1.88. The smallest absolute Gasteiger partial charge is 0.220 e. The molecule has 370 valence electrons. The quantitative estimate of drug-likeness (QED) is 0.0280. The molecule has 7 N–H and O–H groups in total. The lowest BCUT2D eigenvalue weighted by Gasteiger charge is -2.43. The number of ketones is 3. The average Bonchev–Trinajstić information content (AvgIpc) is 3.31. The molecule has 2 aliphatic carbocycles. The molecule has 3 aliphatic rings. The maximum Gasteiger partial charge on any atom is 0.220 e. The third-order valence-corrected chi connectivity index (χ3v) is 13.8. The molecule has 1 fully saturated rings. The molecular weight excluding hydrogens is 857 g/mol. The van der Waals surface area contributed by atoms with E-state index in [1.54, 1.807) is 13.8 Å². The summed E-state index contributed by atoms with van der Waals surface area (Å²) in [5.74, 6) is -3.16. The predicted molar refractivity (Wildman–Crippen MR) is 254 cm³/mol. The number of carbonyl (C=O) groups excluding carboxylic acids is 5. The Kier molecular flexibility index (Phi) is 21.2. The minimum Gasteiger partial charge on any atom is -0.507 e. The van der Waals surface area contributed by atoms with Crippen LogP contribution in [0, 0.1) is 6.92 Å². The molecule has 0 bridgehead atoms. The van der Waals surface area contributed by atoms with Gasteiger partial charge in [-0.25, -0.2) is 0 Å². The van der Waals surface area contributed by atoms with E-state index in [2.05, 4.69) is 29.7 Å². The first-order valence-electron chi connectivity index (χ1n) is 25.0. The van der Waals surface area contributed by atoms with Gasteiger partial charge in [0.1, 0.15) is 24.1 Å². The van der Waals surface area contributed by atoms with Crippen LogP contribution >= 0.6 is 0 Å². The number of rotatable bonds is 28. The third kappa shape index (κ3) is 14.1. The molecule has 2 amide bonds. The molecule has 6 atom stereocenters. The number of Topliss-reactive ketones (excluding diaryl/α,β-unsaturated/α-hetero) is 1. The lowest BCUT2D eigenvalue weighted by atomic mass is 9.70. The first-order valence-corrected chi connectivity index (χ1v) is 25.0. The van der Waals surface area contributed by atoms with Crippen molar-refractivity contribution in [2.75, 3.05) is 13.2 Å². The Hall–Kier alpha value is -4.31. The van der Waals surface area contributed by atoms with Crippen LogP contribution in [-0.4, -0.2) is 98.0 Å². The third-order valence-electron chi connectivity index (χ3n) is 13.8. The molecule has 1 saturated heterocycles. The molecule has 14 heteroatoms. The van der Waals surface area contributed by atoms with Gasteiger partial charge in [0, 0.05) is 60.9 Å². The van der Waals surface area contributed by atoms with Gasteiger partial charge in [0.15, 0.2) is 23.6 Å². The highest BCUT2D eigenvalue weighted by atomic mass is 16.7. The van der Waals surface area contributed by atoms with Crippen LogP contribution in [0.5, 0.6) is 5.75 Å². The number of phenolic OH excluding ortho intramolecular Hbond substituents is 1. The van der Waals surface area contributed by atoms with E-state index in [4.69, 9.17) is 9.47 Å². The molecule has 2 aromatic rings. The van der Waals surface area contributed by atoms with E-state index < -0.39 is 85.4 Å². The molecule has 5 rings (SSSR count). The van der Waals surface area contributed by atoms with E-state index in [-0.39, 0.29) is 69.2 Å². The largest absolute Gasteiger partial charge is 0.507 e. The lowest BCUT2D eigenvalue weighted by Crippen LogP contribution is -2.56. The molecule has 3 unspecified atom stereocenters. The molecule has 2 aromatic carbocycles. The Morgan fingerprint density at radius 3 is 2.10 bits per heavy atom. The summed E-state index contributed by atoms with van der Waals surface area (Å²) in [6.45, 7) is 4.18. The van der Waals surface area contributed by atoms with Crippen molar-refractivity contribution in [2.45, 2.75) is 205 Å². The van der Waals surface area contributed by atoms with Gasteiger partial charge in [-0.2, -0.15) is 0 Å². The van der Waals surface area contributed by atoms with E-state index in [1.807, 2.05) is 0 Å². The summed E-state index contributed by atoms with van der Waals surface area (Å²) < 4.78 is 12.4. The van der Waals surface area contributed by atoms with Crippen LogP contribution in [0.2, 0.25) is 0 Å². The standard InChI is InChI=1S/C53H76N2O12/c1-4-5-6-7-8-9-10-11-12-13-14-15-16-17-18-19-20-21-26-42(59)54-28-23-27-43(60)55-39-29-44(66-35(3)49(39)61)67-40-31-53(65,41(58)33-57)30-38-34(2)45-48(52(64)47(38)40)51(63)46-36(32-56)24-22-25-37(46)50(45)62/h11-12,22,24-25,35,39-40,44,49,56-57,61,64-65H,4-10,13-21,23,26-33H2,1-3H3,(H,54,59)(H,55,60)/b12-11-/t35?,39?,40-,44-,49?,53-/m0/s1. The van der Waals surface area contributed by atoms with Crippen LogP contribution in [0.25, 0.3) is 0 Å². The zero-order chi connectivity index (χ0) is 48.5. The van der Waals surface area contributed by atoms with Crippen molar-refractivity contribution in [3.8, 4) is 5.75 Å². The van der Waals surface area contributed by atoms with Gasteiger partial charge in [0.2, 0.25) is 11.8 Å². The zero-order valence-electron chi connectivity index (χ0n) is 40.0. The van der Waals surface area contributed by atoms with Crippen molar-refractivity contribution in [1.82, 2.24) is 10.6 Å². The van der Waals surface area contributed by atoms with Crippen molar-refractivity contribution >= 4 is 29.2 Å². The van der Waals surface area contributed by atoms with Gasteiger partial charge in [-0.05, 0) is 69.1 Å². The number of aliphatic hydroxyl groups is 4. The predicted octanol–water partition coefficient (Wildman–Crippen LogP) is 7.35. The second kappa shape index (κ2) is 26.4. The zero-order valence-corrected chi connectivity index (χ0v) is 40.0. The number of allylic oxidation sites excluding steroid dienone is 2. The first-order chi connectivity index (χ1) is 32.3. The monoisotopic (exact) mass is 933 g/mol. The summed E-state index contributed by atoms with van der Waals surface area (Å²) in [6, 6.07) is 3.66. The van der Waals surface area contributed by atoms with E-state index in [0.29, 0.717) is 19.4 Å². The number of hydrogen-bond acceptors (Lipinski definition) is 12. The Labute approximate surface area is 396 Å². The minimum atomic E-state index is -2.19. The van der Waals surface area contributed by atoms with Gasteiger partial charge in [0.05, 0.1) is 30.4 Å². The molecular formula is C53H76N2O12. The number of ether oxygens (including phenoxy) is 2. The number of aliphatic hydroxyl groups excluding tert-OH is 3. The average molecular weight is 933 g/mol. The number of fused-ring (bicyclic) bond motifs is 3. The fourth-order valence-corrected chi connectivity index (χ4v) is 9.91. The van der Waals surface area contributed by atoms with Gasteiger partial charge in [-0.1, -0.05) is 108 Å². The normalized spacial score (nSPS) is 22.3. The van der Waals surface area contributed by atoms with E-state index in [0.717, 1.165) is 19.3 Å². The summed E-state index contributed by atoms with van der Waals surface area (Å²) in [6.07, 6.45) is 19.8. The van der Waals surface area contributed by atoms with Crippen molar-refractivity contribution in [1.29, 1.82) is 0 Å². The Balaban J connectivity index is 1.06. The molecule has 0 spiro atoms. The summed E-state index contributed by atoms with van der Waals surface area (Å²) in [7, 11) is 0. The van der Waals surface area contributed by atoms with Gasteiger partial charge < -0.3 is 45.6 Å². The first kappa shape index (κ1) is 53.6. The number of carbonyl (C=O) groups is 5. The van der Waals surface area contributed by atoms with Crippen LogP contribution < -0.4 is 10.6 Å². The summed E-state index contributed by atoms with van der Waals surface area (Å²) in [4.78, 5) is 66.6. The van der Waals surface area contributed by atoms with Crippen molar-refractivity contribution in [3.05, 3.63) is 74.9 Å². The fraction of sp³-hybridized carbons (Fsp3) is 0.642. The Morgan fingerprint density at radius 1 is 0.836 bits per heavy atom. The molecule has 0 radical (unpaired) electrons. The number of benzene rings is 2. The topological polar surface area (TPSA) is 229 Å². The van der Waals surface area contributed by atoms with Crippen LogP contribution in [0.4, 0.5) is 0 Å². The van der Waals surface area contributed by atoms with E-state index in [1.165, 1.54) is 102 Å². The van der Waals surface area contributed by atoms with Crippen LogP contribution in [-0.2, 0) is 36.9 Å². The number of hydrogen-bond donors (Lipinski definition) is 7. The molecule has 1 aliphatic heterocycles. The molecule has 0 aromatic heterocycles. The van der Waals surface area contributed by atoms with Crippen LogP contribution in [0.15, 0.2) is 30.4 Å². The second-order valence-corrected chi connectivity index (χ2v) is 18.9. The Bertz CT molecular complexity index is 2050. The SMILES string of the molecule is CCCCCCCC/C=C\CCCCCCCCCCC(=O)NCCCC(=O)NC1C[C@H](O[C@H]2C[C@](O)(C(=O)CO)Cc3c(C)c4c(c(O)c32)C(=O)c2c(CO)cccc2C4=O)OC(C)C1O. The number of aromatic hydroxyl groups is 1. The number of amides is 2. The maximum absolute atomic E-state index is 14.1. The highest BCUT2D eigenvalue weighted by molar-refractivity contribution is 6.30. The number of phenols is 1. The molecule has 14 nitrogen and oxygen atoms in total. The maximum atomic E-state index is 14.1. The van der Waals surface area contributed by atoms with Gasteiger partial charge in [-0.15, -0.1) is 0 Å². The van der Waals surface area contributed by atoms with E-state index >= 15 is 0 Å². The van der Waals surface area contributed by atoms with Gasteiger partial charge in [0.25, 0.3) is 0 Å². The highest BCUT2D eigenvalue weighted by Gasteiger charge is 2.49. The van der Waals surface area contributed by atoms with E-state index in [9.17, 15) is 49.5 Å². The van der Waals surface area contributed by atoms with Gasteiger partial charge in [-0.3, -0.25) is 24.0 Å². The van der Waals surface area contributed by atoms with Crippen molar-refractivity contribution in [3.63, 3.8) is 0 Å². The van der Waals surface area contributed by atoms with Crippen LogP contribution in [0.3, 0.4) is 0 Å². The number of nitrogens with one attached hydrogen (secondary N) is 2. The van der Waals surface area contributed by atoms with Crippen molar-refractivity contribution < 1.29 is 59.0 Å². The summed E-state index contributed by atoms with van der Waals surface area (Å²) in [5, 5.41) is 60.2. The highest BCUT2D eigenvalue weighted by Crippen LogP contribution is 2.50.